The second kappa shape index (κ2) is 9.15. The second-order valence-electron chi connectivity index (χ2n) is 5.63. The van der Waals surface area contributed by atoms with Gasteiger partial charge in [-0.25, -0.2) is 0 Å². The lowest BCUT2D eigenvalue weighted by Gasteiger charge is -2.25. The Labute approximate surface area is 138 Å². The highest BCUT2D eigenvalue weighted by molar-refractivity contribution is 5.97. The molecule has 1 rings (SSSR count). The summed E-state index contributed by atoms with van der Waals surface area (Å²) in [6.45, 7) is 4.80. The lowest BCUT2D eigenvalue weighted by Crippen LogP contribution is -2.38. The Morgan fingerprint density at radius 1 is 1.39 bits per heavy atom. The third-order valence-corrected chi connectivity index (χ3v) is 3.71. The zero-order valence-electron chi connectivity index (χ0n) is 14.4. The van der Waals surface area contributed by atoms with E-state index in [0.717, 1.165) is 12.0 Å². The van der Waals surface area contributed by atoms with Crippen LogP contribution in [-0.2, 0) is 4.79 Å². The molecule has 6 nitrogen and oxygen atoms in total. The van der Waals surface area contributed by atoms with Crippen LogP contribution in [0.3, 0.4) is 0 Å². The van der Waals surface area contributed by atoms with Gasteiger partial charge in [-0.2, -0.15) is 0 Å². The van der Waals surface area contributed by atoms with Gasteiger partial charge in [-0.15, -0.1) is 0 Å². The van der Waals surface area contributed by atoms with E-state index in [0.29, 0.717) is 24.5 Å². The van der Waals surface area contributed by atoms with E-state index in [1.807, 2.05) is 26.0 Å². The minimum atomic E-state index is -0.208. The predicted octanol–water partition coefficient (Wildman–Crippen LogP) is 1.32. The molecule has 1 aromatic carbocycles. The molecule has 0 bridgehead atoms. The van der Waals surface area contributed by atoms with E-state index in [9.17, 15) is 9.59 Å². The first-order valence-electron chi connectivity index (χ1n) is 7.82. The van der Waals surface area contributed by atoms with Crippen molar-refractivity contribution in [2.45, 2.75) is 32.7 Å². The number of ether oxygens (including phenoxy) is 1. The van der Waals surface area contributed by atoms with Gasteiger partial charge in [-0.05, 0) is 44.5 Å². The minimum Gasteiger partial charge on any atom is -0.493 e. The Kier molecular flexibility index (Phi) is 7.54. The van der Waals surface area contributed by atoms with E-state index in [1.165, 1.54) is 0 Å². The number of carbonyl (C=O) groups is 2. The molecule has 0 saturated carbocycles. The Morgan fingerprint density at radius 2 is 2.09 bits per heavy atom. The molecule has 1 atom stereocenters. The van der Waals surface area contributed by atoms with Gasteiger partial charge in [0, 0.05) is 26.6 Å². The number of nitrogens with two attached hydrogens (primary N) is 1. The summed E-state index contributed by atoms with van der Waals surface area (Å²) in [7, 11) is 3.28. The summed E-state index contributed by atoms with van der Waals surface area (Å²) in [5.41, 5.74) is 6.99. The first-order chi connectivity index (χ1) is 10.9. The van der Waals surface area contributed by atoms with E-state index < -0.39 is 0 Å². The van der Waals surface area contributed by atoms with Crippen molar-refractivity contribution in [2.24, 2.45) is 5.73 Å². The quantitative estimate of drug-likeness (QED) is 0.707. The third kappa shape index (κ3) is 5.56. The van der Waals surface area contributed by atoms with Gasteiger partial charge in [0.25, 0.3) is 5.91 Å². The number of nitrogens with zero attached hydrogens (tertiary/aromatic N) is 1. The molecule has 0 aliphatic carbocycles. The van der Waals surface area contributed by atoms with E-state index in [1.54, 1.807) is 25.1 Å². The monoisotopic (exact) mass is 321 g/mol. The van der Waals surface area contributed by atoms with Crippen molar-refractivity contribution < 1.29 is 14.3 Å². The molecular formula is C17H27N3O3. The highest BCUT2D eigenvalue weighted by Gasteiger charge is 2.22. The zero-order valence-corrected chi connectivity index (χ0v) is 14.4. The predicted molar refractivity (Wildman–Crippen MR) is 90.6 cm³/mol. The summed E-state index contributed by atoms with van der Waals surface area (Å²) in [5.74, 6) is 0.298. The molecular weight excluding hydrogens is 294 g/mol. The van der Waals surface area contributed by atoms with E-state index in [2.05, 4.69) is 5.32 Å². The average Bonchev–Trinajstić information content (AvgIpc) is 2.53. The minimum absolute atomic E-state index is 0.0968. The maximum Gasteiger partial charge on any atom is 0.257 e. The van der Waals surface area contributed by atoms with Gasteiger partial charge >= 0.3 is 0 Å². The summed E-state index contributed by atoms with van der Waals surface area (Å²) >= 11 is 0. The lowest BCUT2D eigenvalue weighted by molar-refractivity contribution is -0.121. The second-order valence-corrected chi connectivity index (χ2v) is 5.63. The topological polar surface area (TPSA) is 84.7 Å². The number of carbonyl (C=O) groups excluding carboxylic acids is 2. The van der Waals surface area contributed by atoms with Crippen molar-refractivity contribution in [3.8, 4) is 5.75 Å². The molecule has 0 aliphatic heterocycles. The lowest BCUT2D eigenvalue weighted by atomic mass is 10.1. The molecule has 128 valence electrons. The van der Waals surface area contributed by atoms with Crippen molar-refractivity contribution in [1.29, 1.82) is 0 Å². The van der Waals surface area contributed by atoms with Crippen molar-refractivity contribution in [2.75, 3.05) is 27.2 Å². The molecule has 6 heteroatoms. The van der Waals surface area contributed by atoms with Crippen LogP contribution in [0.2, 0.25) is 0 Å². The Balaban J connectivity index is 2.90. The fraction of sp³-hybridized carbons (Fsp3) is 0.529. The normalized spacial score (nSPS) is 11.7. The van der Waals surface area contributed by atoms with Crippen LogP contribution in [0, 0.1) is 6.92 Å². The van der Waals surface area contributed by atoms with Gasteiger partial charge in [-0.3, -0.25) is 9.59 Å². The maximum absolute atomic E-state index is 12.7. The van der Waals surface area contributed by atoms with Crippen LogP contribution in [-0.4, -0.2) is 50.0 Å². The van der Waals surface area contributed by atoms with Gasteiger partial charge in [-0.1, -0.05) is 6.07 Å². The van der Waals surface area contributed by atoms with Crippen LogP contribution >= 0.6 is 0 Å². The highest BCUT2D eigenvalue weighted by atomic mass is 16.5. The maximum atomic E-state index is 12.7. The molecule has 0 aromatic heterocycles. The van der Waals surface area contributed by atoms with Gasteiger partial charge < -0.3 is 20.7 Å². The number of aryl methyl sites for hydroxylation is 1. The number of nitrogens with one attached hydrogen (secondary N) is 1. The molecule has 23 heavy (non-hydrogen) atoms. The van der Waals surface area contributed by atoms with E-state index in [4.69, 9.17) is 10.5 Å². The van der Waals surface area contributed by atoms with Crippen LogP contribution in [0.5, 0.6) is 5.75 Å². The van der Waals surface area contributed by atoms with Crippen LogP contribution in [0.4, 0.5) is 0 Å². The van der Waals surface area contributed by atoms with Crippen LogP contribution in [0.25, 0.3) is 0 Å². The molecule has 0 saturated heterocycles. The average molecular weight is 321 g/mol. The first kappa shape index (κ1) is 19.0. The van der Waals surface area contributed by atoms with Crippen molar-refractivity contribution in [3.05, 3.63) is 29.3 Å². The number of hydrogen-bond acceptors (Lipinski definition) is 4. The first-order valence-corrected chi connectivity index (χ1v) is 7.82. The SMILES string of the molecule is CNC(=O)C[C@@H](C)N(C)C(=O)c1ccc(C)cc1OCCCN. The fourth-order valence-corrected chi connectivity index (χ4v) is 2.09. The van der Waals surface area contributed by atoms with Gasteiger partial charge in [0.15, 0.2) is 0 Å². The summed E-state index contributed by atoms with van der Waals surface area (Å²) in [5, 5.41) is 2.57. The molecule has 0 unspecified atom stereocenters. The van der Waals surface area contributed by atoms with E-state index >= 15 is 0 Å². The number of benzene rings is 1. The van der Waals surface area contributed by atoms with Gasteiger partial charge in [0.05, 0.1) is 12.2 Å². The highest BCUT2D eigenvalue weighted by Crippen LogP contribution is 2.23. The zero-order chi connectivity index (χ0) is 17.4. The molecule has 0 fully saturated rings. The molecule has 0 spiro atoms. The van der Waals surface area contributed by atoms with Crippen LogP contribution < -0.4 is 15.8 Å². The van der Waals surface area contributed by atoms with Gasteiger partial charge in [0.2, 0.25) is 5.91 Å². The molecule has 0 aliphatic rings. The number of rotatable bonds is 8. The molecule has 0 radical (unpaired) electrons. The molecule has 1 aromatic rings. The van der Waals surface area contributed by atoms with Crippen molar-refractivity contribution >= 4 is 11.8 Å². The Bertz CT molecular complexity index is 546. The van der Waals surface area contributed by atoms with E-state index in [-0.39, 0.29) is 24.3 Å². The summed E-state index contributed by atoms with van der Waals surface area (Å²) in [6, 6.07) is 5.28. The van der Waals surface area contributed by atoms with Crippen LogP contribution in [0.15, 0.2) is 18.2 Å². The third-order valence-electron chi connectivity index (χ3n) is 3.71. The smallest absolute Gasteiger partial charge is 0.257 e. The Morgan fingerprint density at radius 3 is 2.70 bits per heavy atom. The summed E-state index contributed by atoms with van der Waals surface area (Å²) in [6.07, 6.45) is 0.985. The van der Waals surface area contributed by atoms with Crippen LogP contribution in [0.1, 0.15) is 35.7 Å². The van der Waals surface area contributed by atoms with Crippen molar-refractivity contribution in [3.63, 3.8) is 0 Å². The largest absolute Gasteiger partial charge is 0.493 e. The van der Waals surface area contributed by atoms with Crippen molar-refractivity contribution in [1.82, 2.24) is 10.2 Å². The summed E-state index contributed by atoms with van der Waals surface area (Å²) in [4.78, 5) is 25.8. The standard InChI is InChI=1S/C17H27N3O3/c1-12-6-7-14(15(10-12)23-9-5-8-18)17(22)20(4)13(2)11-16(21)19-3/h6-7,10,13H,5,8-9,11,18H2,1-4H3,(H,19,21)/t13-/m1/s1. The molecule has 3 N–H and O–H groups in total. The Hall–Kier alpha value is -2.08. The van der Waals surface area contributed by atoms with Gasteiger partial charge in [0.1, 0.15) is 5.75 Å². The molecule has 2 amide bonds. The number of amides is 2. The number of hydrogen-bond donors (Lipinski definition) is 2. The fourth-order valence-electron chi connectivity index (χ4n) is 2.09. The summed E-state index contributed by atoms with van der Waals surface area (Å²) < 4.78 is 5.70. The molecule has 0 heterocycles.